The number of esters is 1. The number of fused-ring (bicyclic) bond motifs is 1. The van der Waals surface area contributed by atoms with Gasteiger partial charge < -0.3 is 13.3 Å². The van der Waals surface area contributed by atoms with Crippen LogP contribution >= 0.6 is 32.9 Å². The molecule has 3 atom stereocenters. The predicted molar refractivity (Wildman–Crippen MR) is 203 cm³/mol. The van der Waals surface area contributed by atoms with Crippen LogP contribution in [-0.4, -0.2) is 56.4 Å². The molecule has 0 spiro atoms. The average molecular weight is 770 g/mol. The Labute approximate surface area is 308 Å². The van der Waals surface area contributed by atoms with Crippen LogP contribution in [0.25, 0.3) is 10.2 Å². The first-order valence-electron chi connectivity index (χ1n) is 15.9. The van der Waals surface area contributed by atoms with E-state index >= 15 is 0 Å². The molecule has 0 N–H and O–H groups in total. The van der Waals surface area contributed by atoms with Crippen molar-refractivity contribution in [2.45, 2.75) is 69.1 Å². The fraction of sp³-hybridized carbons (Fsp3) is 0.361. The van der Waals surface area contributed by atoms with Gasteiger partial charge in [-0.3, -0.25) is 9.69 Å². The van der Waals surface area contributed by atoms with Crippen molar-refractivity contribution in [3.63, 3.8) is 0 Å². The number of ether oxygens (including phenoxy) is 1. The molecule has 2 unspecified atom stereocenters. The van der Waals surface area contributed by atoms with Crippen LogP contribution in [0.2, 0.25) is 13.1 Å². The highest BCUT2D eigenvalue weighted by atomic mass is 33.1. The first-order chi connectivity index (χ1) is 23.5. The van der Waals surface area contributed by atoms with Crippen molar-refractivity contribution in [2.75, 3.05) is 6.26 Å². The number of para-hydroxylation sites is 1. The van der Waals surface area contributed by atoms with E-state index in [1.807, 2.05) is 126 Å². The van der Waals surface area contributed by atoms with Crippen LogP contribution < -0.4 is 0 Å². The van der Waals surface area contributed by atoms with E-state index < -0.39 is 59.4 Å². The SMILES string of the molecule is C/C(OS(C)(=O)=O)=C(/C(=O)OC(c1ccccc1)c1ccccc1)N1C(=O)C([C@](C)(O[Si](C)C)C(C)(C)C)C1SSc1nc2ccccc2s1. The van der Waals surface area contributed by atoms with Crippen LogP contribution in [0.15, 0.2) is 101 Å². The molecule has 265 valence electrons. The molecule has 1 amide bonds. The molecule has 1 saturated heterocycles. The lowest BCUT2D eigenvalue weighted by atomic mass is 9.66. The van der Waals surface area contributed by atoms with Gasteiger partial charge in [0.1, 0.15) is 11.1 Å². The minimum atomic E-state index is -4.08. The molecule has 1 aromatic heterocycles. The molecule has 0 bridgehead atoms. The molecule has 1 aliphatic rings. The number of β-lactam (4-membered cyclic amide) rings is 1. The van der Waals surface area contributed by atoms with Crippen molar-refractivity contribution in [1.29, 1.82) is 0 Å². The van der Waals surface area contributed by atoms with Gasteiger partial charge in [-0.15, -0.1) is 11.3 Å². The number of benzene rings is 3. The number of carbonyl (C=O) groups excluding carboxylic acids is 2. The summed E-state index contributed by atoms with van der Waals surface area (Å²) in [6.07, 6.45) is 0.0396. The Balaban J connectivity index is 1.60. The fourth-order valence-corrected chi connectivity index (χ4v) is 11.7. The third kappa shape index (κ3) is 8.32. The molecule has 3 aromatic carbocycles. The Morgan fingerprint density at radius 2 is 1.50 bits per heavy atom. The molecule has 2 heterocycles. The number of hydrogen-bond acceptors (Lipinski definition) is 11. The average Bonchev–Trinajstić information content (AvgIpc) is 3.46. The Bertz CT molecular complexity index is 1910. The zero-order valence-electron chi connectivity index (χ0n) is 29.2. The van der Waals surface area contributed by atoms with E-state index in [0.717, 1.165) is 20.8 Å². The van der Waals surface area contributed by atoms with Crippen molar-refractivity contribution >= 4 is 74.2 Å². The van der Waals surface area contributed by atoms with Gasteiger partial charge in [-0.2, -0.15) is 8.42 Å². The minimum Gasteiger partial charge on any atom is -0.448 e. The summed E-state index contributed by atoms with van der Waals surface area (Å²) in [7, 11) is -2.62. The Morgan fingerprint density at radius 3 is 2.02 bits per heavy atom. The van der Waals surface area contributed by atoms with Crippen LogP contribution in [0.4, 0.5) is 0 Å². The molecule has 1 radical (unpaired) electrons. The third-order valence-corrected chi connectivity index (χ3v) is 13.9. The van der Waals surface area contributed by atoms with E-state index in [0.29, 0.717) is 11.1 Å². The summed E-state index contributed by atoms with van der Waals surface area (Å²) in [6.45, 7) is 13.4. The molecule has 1 aliphatic heterocycles. The predicted octanol–water partition coefficient (Wildman–Crippen LogP) is 8.43. The minimum absolute atomic E-state index is 0.270. The van der Waals surface area contributed by atoms with Crippen molar-refractivity contribution in [3.8, 4) is 0 Å². The molecule has 50 heavy (non-hydrogen) atoms. The largest absolute Gasteiger partial charge is 0.448 e. The summed E-state index contributed by atoms with van der Waals surface area (Å²) in [4.78, 5) is 35.2. The number of carbonyl (C=O) groups is 2. The van der Waals surface area contributed by atoms with Gasteiger partial charge in [0.05, 0.1) is 28.0 Å². The van der Waals surface area contributed by atoms with Crippen LogP contribution in [0.3, 0.4) is 0 Å². The maximum absolute atomic E-state index is 14.6. The van der Waals surface area contributed by atoms with Crippen LogP contribution in [0, 0.1) is 11.3 Å². The number of aromatic nitrogens is 1. The molecule has 5 rings (SSSR count). The number of likely N-dealkylation sites (tertiary alicyclic amines) is 1. The number of nitrogens with zero attached hydrogens (tertiary/aromatic N) is 2. The van der Waals surface area contributed by atoms with Crippen LogP contribution in [0.1, 0.15) is 51.8 Å². The topological polar surface area (TPSA) is 112 Å². The monoisotopic (exact) mass is 769 g/mol. The van der Waals surface area contributed by atoms with Gasteiger partial charge in [0, 0.05) is 0 Å². The van der Waals surface area contributed by atoms with Gasteiger partial charge in [-0.25, -0.2) is 9.78 Å². The van der Waals surface area contributed by atoms with Crippen molar-refractivity contribution in [1.82, 2.24) is 9.88 Å². The maximum atomic E-state index is 14.6. The number of thiazole rings is 1. The normalized spacial score (nSPS) is 18.5. The van der Waals surface area contributed by atoms with Gasteiger partial charge in [0.25, 0.3) is 0 Å². The summed E-state index contributed by atoms with van der Waals surface area (Å²) in [5.41, 5.74) is 0.544. The van der Waals surface area contributed by atoms with E-state index in [1.54, 1.807) is 0 Å². The van der Waals surface area contributed by atoms with Gasteiger partial charge in [0.2, 0.25) is 14.9 Å². The molecular weight excluding hydrogens is 729 g/mol. The van der Waals surface area contributed by atoms with Crippen LogP contribution in [0.5, 0.6) is 0 Å². The van der Waals surface area contributed by atoms with E-state index in [4.69, 9.17) is 18.3 Å². The zero-order chi connectivity index (χ0) is 36.4. The lowest BCUT2D eigenvalue weighted by molar-refractivity contribution is -0.175. The highest BCUT2D eigenvalue weighted by Crippen LogP contribution is 2.56. The van der Waals surface area contributed by atoms with Gasteiger partial charge in [-0.1, -0.05) is 104 Å². The smallest absolute Gasteiger partial charge is 0.359 e. The Morgan fingerprint density at radius 1 is 0.940 bits per heavy atom. The maximum Gasteiger partial charge on any atom is 0.359 e. The Hall–Kier alpha value is -3.14. The number of amides is 1. The van der Waals surface area contributed by atoms with Crippen LogP contribution in [-0.2, 0) is 33.1 Å². The second-order valence-corrected chi connectivity index (χ2v) is 20.6. The quantitative estimate of drug-likeness (QED) is 0.0250. The first kappa shape index (κ1) is 38.1. The van der Waals surface area contributed by atoms with E-state index in [1.165, 1.54) is 44.7 Å². The highest BCUT2D eigenvalue weighted by Gasteiger charge is 2.63. The lowest BCUT2D eigenvalue weighted by Gasteiger charge is -2.57. The second kappa shape index (κ2) is 15.2. The van der Waals surface area contributed by atoms with E-state index in [-0.39, 0.29) is 11.5 Å². The fourth-order valence-electron chi connectivity index (χ4n) is 5.82. The summed E-state index contributed by atoms with van der Waals surface area (Å²) >= 11 is 1.53. The van der Waals surface area contributed by atoms with Gasteiger partial charge in [-0.05, 0) is 66.4 Å². The van der Waals surface area contributed by atoms with E-state index in [9.17, 15) is 18.0 Å². The lowest BCUT2D eigenvalue weighted by Crippen LogP contribution is -2.70. The van der Waals surface area contributed by atoms with Crippen molar-refractivity contribution in [3.05, 3.63) is 108 Å². The molecule has 4 aromatic rings. The number of hydrogen-bond donors (Lipinski definition) is 0. The molecular formula is C36H41N2O7S4Si. The van der Waals surface area contributed by atoms with Gasteiger partial charge in [0.15, 0.2) is 16.1 Å². The zero-order valence-corrected chi connectivity index (χ0v) is 33.5. The summed E-state index contributed by atoms with van der Waals surface area (Å²) < 4.78 is 44.9. The van der Waals surface area contributed by atoms with Crippen molar-refractivity contribution in [2.24, 2.45) is 11.3 Å². The van der Waals surface area contributed by atoms with Gasteiger partial charge >= 0.3 is 16.1 Å². The molecule has 14 heteroatoms. The second-order valence-electron chi connectivity index (χ2n) is 13.4. The van der Waals surface area contributed by atoms with Crippen molar-refractivity contribution < 1.29 is 31.4 Å². The number of allylic oxidation sites excluding steroid dienone is 1. The summed E-state index contributed by atoms with van der Waals surface area (Å²) in [6, 6.07) is 26.3. The summed E-state index contributed by atoms with van der Waals surface area (Å²) in [5.74, 6) is -2.27. The standard InChI is InChI=1S/C36H41N2O7S4Si/c1-23(44-49(6,41)42)29(33(40)43-30(24-17-11-9-12-18-24)25-19-13-10-14-20-25)38-31(39)28(36(5,35(2,3)4)45-50(7)8)32(38)47-48-34-37-26-21-15-16-22-27(26)46-34/h9-22,28,30,32H,1-8H3/b29-23+/t28?,32?,36-/m0/s1. The third-order valence-electron chi connectivity index (χ3n) is 8.51. The summed E-state index contributed by atoms with van der Waals surface area (Å²) in [5, 5.41) is -0.683. The number of rotatable bonds is 13. The molecule has 0 aliphatic carbocycles. The highest BCUT2D eigenvalue weighted by molar-refractivity contribution is 8.77. The first-order valence-corrected chi connectivity index (χ1v) is 23.2. The molecule has 9 nitrogen and oxygen atoms in total. The molecule has 0 saturated carbocycles. The Kier molecular flexibility index (Phi) is 11.6. The van der Waals surface area contributed by atoms with E-state index in [2.05, 4.69) is 0 Å². The molecule has 1 fully saturated rings.